The second-order valence-corrected chi connectivity index (χ2v) is 5.71. The van der Waals surface area contributed by atoms with Crippen LogP contribution in [0.15, 0.2) is 18.2 Å². The number of hydrogen-bond donors (Lipinski definition) is 1. The topological polar surface area (TPSA) is 41.9 Å². The normalized spacial score (nSPS) is 25.7. The SMILES string of the molecule is COc1ccc2c(c1)OC1(CCN(C)CC1)CC2O. The molecule has 4 heteroatoms. The molecule has 0 amide bonds. The largest absolute Gasteiger partial charge is 0.497 e. The number of rotatable bonds is 1. The molecule has 0 saturated carbocycles. The highest BCUT2D eigenvalue weighted by molar-refractivity contribution is 5.44. The third-order valence-electron chi connectivity index (χ3n) is 4.37. The van der Waals surface area contributed by atoms with Crippen LogP contribution in [0.25, 0.3) is 0 Å². The van der Waals surface area contributed by atoms with Crippen molar-refractivity contribution in [2.75, 3.05) is 27.2 Å². The van der Waals surface area contributed by atoms with Crippen molar-refractivity contribution in [3.63, 3.8) is 0 Å². The summed E-state index contributed by atoms with van der Waals surface area (Å²) in [6.07, 6.45) is 2.20. The number of benzene rings is 1. The molecule has 1 spiro atoms. The van der Waals surface area contributed by atoms with Gasteiger partial charge in [0.1, 0.15) is 17.1 Å². The van der Waals surface area contributed by atoms with Crippen molar-refractivity contribution < 1.29 is 14.6 Å². The van der Waals surface area contributed by atoms with E-state index >= 15 is 0 Å². The molecular weight excluding hydrogens is 242 g/mol. The number of hydrogen-bond acceptors (Lipinski definition) is 4. The fraction of sp³-hybridized carbons (Fsp3) is 0.600. The number of ether oxygens (including phenoxy) is 2. The van der Waals surface area contributed by atoms with Crippen LogP contribution in [-0.2, 0) is 0 Å². The van der Waals surface area contributed by atoms with Gasteiger partial charge in [-0.15, -0.1) is 0 Å². The molecular formula is C15H21NO3. The van der Waals surface area contributed by atoms with Crippen LogP contribution < -0.4 is 9.47 Å². The van der Waals surface area contributed by atoms with Crippen LogP contribution in [0.4, 0.5) is 0 Å². The zero-order chi connectivity index (χ0) is 13.5. The highest BCUT2D eigenvalue weighted by atomic mass is 16.5. The van der Waals surface area contributed by atoms with Gasteiger partial charge in [-0.05, 0) is 32.0 Å². The number of fused-ring (bicyclic) bond motifs is 1. The van der Waals surface area contributed by atoms with Crippen LogP contribution >= 0.6 is 0 Å². The van der Waals surface area contributed by atoms with E-state index in [1.807, 2.05) is 18.2 Å². The van der Waals surface area contributed by atoms with E-state index in [9.17, 15) is 5.11 Å². The van der Waals surface area contributed by atoms with Gasteiger partial charge in [-0.2, -0.15) is 0 Å². The van der Waals surface area contributed by atoms with Gasteiger partial charge in [-0.1, -0.05) is 0 Å². The van der Waals surface area contributed by atoms with E-state index in [4.69, 9.17) is 9.47 Å². The molecule has 1 atom stereocenters. The minimum absolute atomic E-state index is 0.203. The van der Waals surface area contributed by atoms with Crippen molar-refractivity contribution in [3.05, 3.63) is 23.8 Å². The Hall–Kier alpha value is -1.26. The molecule has 0 radical (unpaired) electrons. The molecule has 0 aromatic heterocycles. The van der Waals surface area contributed by atoms with E-state index in [2.05, 4.69) is 11.9 Å². The molecule has 3 rings (SSSR count). The Morgan fingerprint density at radius 1 is 1.37 bits per heavy atom. The predicted molar refractivity (Wildman–Crippen MR) is 72.7 cm³/mol. The van der Waals surface area contributed by atoms with Crippen LogP contribution in [0, 0.1) is 0 Å². The first-order chi connectivity index (χ1) is 9.12. The lowest BCUT2D eigenvalue weighted by molar-refractivity contribution is -0.0504. The minimum Gasteiger partial charge on any atom is -0.497 e. The quantitative estimate of drug-likeness (QED) is 0.841. The lowest BCUT2D eigenvalue weighted by atomic mass is 9.82. The van der Waals surface area contributed by atoms with E-state index < -0.39 is 6.10 Å². The van der Waals surface area contributed by atoms with Gasteiger partial charge in [-0.25, -0.2) is 0 Å². The first-order valence-corrected chi connectivity index (χ1v) is 6.85. The minimum atomic E-state index is -0.432. The van der Waals surface area contributed by atoms with Crippen molar-refractivity contribution in [2.45, 2.75) is 31.0 Å². The molecule has 1 aromatic rings. The second-order valence-electron chi connectivity index (χ2n) is 5.71. The Morgan fingerprint density at radius 3 is 2.79 bits per heavy atom. The maximum Gasteiger partial charge on any atom is 0.129 e. The van der Waals surface area contributed by atoms with Gasteiger partial charge in [0.05, 0.1) is 13.2 Å². The summed E-state index contributed by atoms with van der Waals surface area (Å²) in [5.74, 6) is 1.55. The number of aliphatic hydroxyl groups is 1. The first kappa shape index (κ1) is 12.8. The van der Waals surface area contributed by atoms with Crippen LogP contribution in [0.1, 0.15) is 30.9 Å². The summed E-state index contributed by atoms with van der Waals surface area (Å²) in [6.45, 7) is 2.04. The summed E-state index contributed by atoms with van der Waals surface area (Å²) in [5.41, 5.74) is 0.677. The number of aliphatic hydroxyl groups excluding tert-OH is 1. The maximum atomic E-state index is 10.4. The first-order valence-electron chi connectivity index (χ1n) is 6.85. The molecule has 4 nitrogen and oxygen atoms in total. The summed E-state index contributed by atoms with van der Waals surface area (Å²) in [7, 11) is 3.77. The monoisotopic (exact) mass is 263 g/mol. The van der Waals surface area contributed by atoms with Crippen molar-refractivity contribution >= 4 is 0 Å². The van der Waals surface area contributed by atoms with Crippen molar-refractivity contribution in [2.24, 2.45) is 0 Å². The molecule has 2 aliphatic heterocycles. The van der Waals surface area contributed by atoms with Gasteiger partial charge in [-0.3, -0.25) is 0 Å². The molecule has 104 valence electrons. The molecule has 1 unspecified atom stereocenters. The van der Waals surface area contributed by atoms with Crippen molar-refractivity contribution in [1.82, 2.24) is 4.90 Å². The van der Waals surface area contributed by atoms with Crippen LogP contribution in [0.2, 0.25) is 0 Å². The highest BCUT2D eigenvalue weighted by Gasteiger charge is 2.42. The molecule has 19 heavy (non-hydrogen) atoms. The summed E-state index contributed by atoms with van der Waals surface area (Å²) in [5, 5.41) is 10.4. The Bertz CT molecular complexity index is 466. The molecule has 0 bridgehead atoms. The second kappa shape index (κ2) is 4.69. The number of likely N-dealkylation sites (tertiary alicyclic amines) is 1. The van der Waals surface area contributed by atoms with Crippen LogP contribution in [-0.4, -0.2) is 42.9 Å². The Morgan fingerprint density at radius 2 is 2.11 bits per heavy atom. The van der Waals surface area contributed by atoms with Gasteiger partial charge >= 0.3 is 0 Å². The highest BCUT2D eigenvalue weighted by Crippen LogP contribution is 2.45. The van der Waals surface area contributed by atoms with Gasteiger partial charge in [0.15, 0.2) is 0 Å². The zero-order valence-corrected chi connectivity index (χ0v) is 11.6. The van der Waals surface area contributed by atoms with E-state index in [1.54, 1.807) is 7.11 Å². The molecule has 0 aliphatic carbocycles. The van der Waals surface area contributed by atoms with E-state index in [-0.39, 0.29) is 5.60 Å². The van der Waals surface area contributed by atoms with Crippen molar-refractivity contribution in [1.29, 1.82) is 0 Å². The average molecular weight is 263 g/mol. The Labute approximate surface area is 113 Å². The summed E-state index contributed by atoms with van der Waals surface area (Å²) in [4.78, 5) is 2.31. The van der Waals surface area contributed by atoms with Crippen LogP contribution in [0.3, 0.4) is 0 Å². The third-order valence-corrected chi connectivity index (χ3v) is 4.37. The standard InChI is InChI=1S/C15H21NO3/c1-16-7-5-15(6-8-16)10-13(17)12-4-3-11(18-2)9-14(12)19-15/h3-4,9,13,17H,5-8,10H2,1-2H3. The Balaban J connectivity index is 1.89. The summed E-state index contributed by atoms with van der Waals surface area (Å²) >= 11 is 0. The molecule has 1 fully saturated rings. The molecule has 1 aromatic carbocycles. The fourth-order valence-electron chi connectivity index (χ4n) is 3.07. The number of piperidine rings is 1. The zero-order valence-electron chi connectivity index (χ0n) is 11.6. The average Bonchev–Trinajstić information content (AvgIpc) is 2.42. The lowest BCUT2D eigenvalue weighted by Crippen LogP contribution is -2.49. The van der Waals surface area contributed by atoms with E-state index in [0.29, 0.717) is 6.42 Å². The van der Waals surface area contributed by atoms with Gasteiger partial charge in [0.2, 0.25) is 0 Å². The van der Waals surface area contributed by atoms with Gasteiger partial charge in [0, 0.05) is 31.1 Å². The van der Waals surface area contributed by atoms with Crippen LogP contribution in [0.5, 0.6) is 11.5 Å². The lowest BCUT2D eigenvalue weighted by Gasteiger charge is -2.45. The van der Waals surface area contributed by atoms with E-state index in [1.165, 1.54) is 0 Å². The van der Waals surface area contributed by atoms with Crippen molar-refractivity contribution in [3.8, 4) is 11.5 Å². The molecule has 2 aliphatic rings. The van der Waals surface area contributed by atoms with Gasteiger partial charge in [0.25, 0.3) is 0 Å². The summed E-state index contributed by atoms with van der Waals surface area (Å²) < 4.78 is 11.5. The molecule has 1 N–H and O–H groups in total. The Kier molecular flexibility index (Phi) is 3.15. The molecule has 1 saturated heterocycles. The number of methoxy groups -OCH3 is 1. The fourth-order valence-corrected chi connectivity index (χ4v) is 3.07. The van der Waals surface area contributed by atoms with Gasteiger partial charge < -0.3 is 19.5 Å². The summed E-state index contributed by atoms with van der Waals surface area (Å²) in [6, 6.07) is 5.66. The third kappa shape index (κ3) is 2.30. The maximum absolute atomic E-state index is 10.4. The number of nitrogens with zero attached hydrogens (tertiary/aromatic N) is 1. The smallest absolute Gasteiger partial charge is 0.129 e. The van der Waals surface area contributed by atoms with E-state index in [0.717, 1.165) is 43.0 Å². The predicted octanol–water partition coefficient (Wildman–Crippen LogP) is 1.98. The molecule has 2 heterocycles.